The molecule has 172 valence electrons. The second-order valence-electron chi connectivity index (χ2n) is 8.58. The average Bonchev–Trinajstić information content (AvgIpc) is 3.26. The van der Waals surface area contributed by atoms with Crippen molar-refractivity contribution >= 4 is 17.7 Å². The van der Waals surface area contributed by atoms with Gasteiger partial charge in [-0.2, -0.15) is 5.10 Å². The van der Waals surface area contributed by atoms with Crippen LogP contribution in [0.4, 0.5) is 8.78 Å². The second kappa shape index (κ2) is 9.21. The monoisotopic (exact) mass is 458 g/mol. The summed E-state index contributed by atoms with van der Waals surface area (Å²) in [6, 6.07) is 19.2. The number of amides is 1. The molecule has 3 aromatic rings. The molecule has 0 aromatic heterocycles. The van der Waals surface area contributed by atoms with Crippen molar-refractivity contribution in [2.45, 2.75) is 25.3 Å². The number of allylic oxidation sites excluding steroid dienone is 1. The molecule has 1 amide bonds. The Bertz CT molecular complexity index is 1250. The minimum atomic E-state index is -0.331. The summed E-state index contributed by atoms with van der Waals surface area (Å²) in [5.41, 5.74) is 4.14. The molecule has 1 saturated carbocycles. The first-order valence-corrected chi connectivity index (χ1v) is 11.3. The van der Waals surface area contributed by atoms with E-state index in [1.165, 1.54) is 24.3 Å². The SMILES string of the molecule is COc1ccc(C(=O)N2N=C3C(=Cc4ccc(F)cc4)CCCC3C2c2ccc(F)cc2)cc1. The molecule has 4 nitrogen and oxygen atoms in total. The van der Waals surface area contributed by atoms with Gasteiger partial charge >= 0.3 is 0 Å². The summed E-state index contributed by atoms with van der Waals surface area (Å²) in [6.45, 7) is 0. The molecule has 3 aromatic carbocycles. The lowest BCUT2D eigenvalue weighted by molar-refractivity contribution is 0.0681. The number of benzene rings is 3. The molecule has 1 aliphatic heterocycles. The molecule has 0 radical (unpaired) electrons. The van der Waals surface area contributed by atoms with Crippen molar-refractivity contribution in [2.24, 2.45) is 11.0 Å². The lowest BCUT2D eigenvalue weighted by atomic mass is 9.77. The summed E-state index contributed by atoms with van der Waals surface area (Å²) in [4.78, 5) is 13.6. The molecular weight excluding hydrogens is 434 g/mol. The Kier molecular flexibility index (Phi) is 5.97. The summed E-state index contributed by atoms with van der Waals surface area (Å²) in [7, 11) is 1.58. The van der Waals surface area contributed by atoms with Gasteiger partial charge in [0.15, 0.2) is 0 Å². The van der Waals surface area contributed by atoms with Gasteiger partial charge in [0.1, 0.15) is 17.4 Å². The number of ether oxygens (including phenoxy) is 1. The number of fused-ring (bicyclic) bond motifs is 1. The van der Waals surface area contributed by atoms with Crippen molar-refractivity contribution < 1.29 is 18.3 Å². The minimum Gasteiger partial charge on any atom is -0.497 e. The highest BCUT2D eigenvalue weighted by molar-refractivity contribution is 6.09. The van der Waals surface area contributed by atoms with Crippen LogP contribution in [0.1, 0.15) is 46.8 Å². The standard InChI is InChI=1S/C28H24F2N2O2/c1-34-24-15-9-20(10-16-24)28(33)32-27(19-7-13-23(30)14-8-19)25-4-2-3-21(26(25)31-32)17-18-5-11-22(29)12-6-18/h5-17,25,27H,2-4H2,1H3. The van der Waals surface area contributed by atoms with E-state index in [4.69, 9.17) is 9.84 Å². The van der Waals surface area contributed by atoms with Gasteiger partial charge in [-0.25, -0.2) is 13.8 Å². The molecule has 0 spiro atoms. The number of rotatable bonds is 4. The summed E-state index contributed by atoms with van der Waals surface area (Å²) in [5, 5.41) is 6.38. The Balaban J connectivity index is 1.56. The van der Waals surface area contributed by atoms with Crippen LogP contribution in [0, 0.1) is 17.6 Å². The van der Waals surface area contributed by atoms with Crippen molar-refractivity contribution in [3.05, 3.63) is 107 Å². The van der Waals surface area contributed by atoms with Gasteiger partial charge in [0.2, 0.25) is 0 Å². The number of hydrogen-bond acceptors (Lipinski definition) is 3. The van der Waals surface area contributed by atoms with Crippen LogP contribution in [0.3, 0.4) is 0 Å². The minimum absolute atomic E-state index is 0.00638. The van der Waals surface area contributed by atoms with Gasteiger partial charge in [0.05, 0.1) is 18.9 Å². The van der Waals surface area contributed by atoms with Crippen LogP contribution < -0.4 is 4.74 Å². The second-order valence-corrected chi connectivity index (χ2v) is 8.58. The smallest absolute Gasteiger partial charge is 0.274 e. The van der Waals surface area contributed by atoms with Crippen molar-refractivity contribution in [1.29, 1.82) is 0 Å². The van der Waals surface area contributed by atoms with E-state index >= 15 is 0 Å². The van der Waals surface area contributed by atoms with Crippen molar-refractivity contribution in [2.75, 3.05) is 7.11 Å². The van der Waals surface area contributed by atoms with E-state index in [1.807, 2.05) is 6.08 Å². The predicted molar refractivity (Wildman–Crippen MR) is 127 cm³/mol. The number of nitrogens with zero attached hydrogens (tertiary/aromatic N) is 2. The first-order chi connectivity index (χ1) is 16.5. The number of hydrazone groups is 1. The van der Waals surface area contributed by atoms with Crippen LogP contribution in [0.5, 0.6) is 5.75 Å². The largest absolute Gasteiger partial charge is 0.497 e. The Morgan fingerprint density at radius 2 is 1.62 bits per heavy atom. The Morgan fingerprint density at radius 1 is 0.971 bits per heavy atom. The lowest BCUT2D eigenvalue weighted by Gasteiger charge is -2.29. The van der Waals surface area contributed by atoms with Gasteiger partial charge in [-0.3, -0.25) is 4.79 Å². The zero-order valence-corrected chi connectivity index (χ0v) is 18.7. The van der Waals surface area contributed by atoms with Gasteiger partial charge in [-0.05, 0) is 90.6 Å². The van der Waals surface area contributed by atoms with Crippen LogP contribution in [0.2, 0.25) is 0 Å². The van der Waals surface area contributed by atoms with E-state index in [-0.39, 0.29) is 29.5 Å². The lowest BCUT2D eigenvalue weighted by Crippen LogP contribution is -2.31. The average molecular weight is 459 g/mol. The quantitative estimate of drug-likeness (QED) is 0.453. The molecule has 1 heterocycles. The molecule has 2 aliphatic rings. The highest BCUT2D eigenvalue weighted by atomic mass is 19.1. The molecule has 2 atom stereocenters. The number of carbonyl (C=O) groups excluding carboxylic acids is 1. The number of carbonyl (C=O) groups is 1. The Hall–Kier alpha value is -3.80. The molecule has 34 heavy (non-hydrogen) atoms. The maximum Gasteiger partial charge on any atom is 0.274 e. The topological polar surface area (TPSA) is 41.9 Å². The third kappa shape index (κ3) is 4.23. The van der Waals surface area contributed by atoms with Crippen LogP contribution in [0.25, 0.3) is 6.08 Å². The predicted octanol–water partition coefficient (Wildman–Crippen LogP) is 6.41. The number of methoxy groups -OCH3 is 1. The van der Waals surface area contributed by atoms with Gasteiger partial charge in [0, 0.05) is 11.5 Å². The van der Waals surface area contributed by atoms with Crippen LogP contribution in [-0.4, -0.2) is 23.7 Å². The molecule has 0 bridgehead atoms. The van der Waals surface area contributed by atoms with E-state index in [9.17, 15) is 13.6 Å². The first-order valence-electron chi connectivity index (χ1n) is 11.3. The molecule has 6 heteroatoms. The highest BCUT2D eigenvalue weighted by Crippen LogP contribution is 2.45. The zero-order chi connectivity index (χ0) is 23.7. The zero-order valence-electron chi connectivity index (χ0n) is 18.7. The van der Waals surface area contributed by atoms with Gasteiger partial charge < -0.3 is 4.74 Å². The van der Waals surface area contributed by atoms with Crippen molar-refractivity contribution in [3.8, 4) is 5.75 Å². The fraction of sp³-hybridized carbons (Fsp3) is 0.214. The third-order valence-electron chi connectivity index (χ3n) is 6.47. The summed E-state index contributed by atoms with van der Waals surface area (Å²) >= 11 is 0. The van der Waals surface area contributed by atoms with E-state index < -0.39 is 0 Å². The molecule has 1 aliphatic carbocycles. The van der Waals surface area contributed by atoms with Crippen molar-refractivity contribution in [1.82, 2.24) is 5.01 Å². The Labute approximate surface area is 197 Å². The number of halogens is 2. The fourth-order valence-corrected chi connectivity index (χ4v) is 4.79. The highest BCUT2D eigenvalue weighted by Gasteiger charge is 2.43. The van der Waals surface area contributed by atoms with Gasteiger partial charge in [0.25, 0.3) is 5.91 Å². The van der Waals surface area contributed by atoms with E-state index in [0.717, 1.165) is 41.7 Å². The first kappa shape index (κ1) is 22.0. The maximum atomic E-state index is 13.7. The molecular formula is C28H24F2N2O2. The Morgan fingerprint density at radius 3 is 2.26 bits per heavy atom. The van der Waals surface area contributed by atoms with E-state index in [1.54, 1.807) is 60.6 Å². The number of hydrogen-bond donors (Lipinski definition) is 0. The van der Waals surface area contributed by atoms with Crippen LogP contribution >= 0.6 is 0 Å². The molecule has 0 saturated heterocycles. The summed E-state index contributed by atoms with van der Waals surface area (Å²) < 4.78 is 32.3. The fourth-order valence-electron chi connectivity index (χ4n) is 4.79. The maximum absolute atomic E-state index is 13.7. The van der Waals surface area contributed by atoms with Gasteiger partial charge in [-0.1, -0.05) is 24.3 Å². The summed E-state index contributed by atoms with van der Waals surface area (Å²) in [5.74, 6) is -0.170. The molecule has 5 rings (SSSR count). The molecule has 1 fully saturated rings. The van der Waals surface area contributed by atoms with Crippen LogP contribution in [0.15, 0.2) is 83.5 Å². The third-order valence-corrected chi connectivity index (χ3v) is 6.47. The van der Waals surface area contributed by atoms with Gasteiger partial charge in [-0.15, -0.1) is 0 Å². The molecule has 0 N–H and O–H groups in total. The summed E-state index contributed by atoms with van der Waals surface area (Å²) in [6.07, 6.45) is 4.66. The molecule has 2 unspecified atom stereocenters. The van der Waals surface area contributed by atoms with Crippen molar-refractivity contribution in [3.63, 3.8) is 0 Å². The van der Waals surface area contributed by atoms with E-state index in [2.05, 4.69) is 0 Å². The van der Waals surface area contributed by atoms with E-state index in [0.29, 0.717) is 11.3 Å². The van der Waals surface area contributed by atoms with Crippen LogP contribution in [-0.2, 0) is 0 Å². The normalized spacial score (nSPS) is 20.7.